The Kier molecular flexibility index (Phi) is 5.89. The fourth-order valence-electron chi connectivity index (χ4n) is 3.86. The monoisotopic (exact) mass is 416 g/mol. The summed E-state index contributed by atoms with van der Waals surface area (Å²) in [6, 6.07) is 12.6. The van der Waals surface area contributed by atoms with Gasteiger partial charge in [0.2, 0.25) is 10.0 Å². The minimum Gasteiger partial charge on any atom is -0.487 e. The van der Waals surface area contributed by atoms with E-state index in [2.05, 4.69) is 23.9 Å². The van der Waals surface area contributed by atoms with Crippen LogP contribution in [0.1, 0.15) is 60.6 Å². The second-order valence-corrected chi connectivity index (χ2v) is 9.36. The molecule has 0 aliphatic carbocycles. The van der Waals surface area contributed by atoms with Crippen LogP contribution in [0.4, 0.5) is 5.69 Å². The highest BCUT2D eigenvalue weighted by atomic mass is 32.2. The Morgan fingerprint density at radius 2 is 1.83 bits per heavy atom. The lowest BCUT2D eigenvalue weighted by Crippen LogP contribution is -2.44. The minimum absolute atomic E-state index is 0.182. The molecule has 1 aliphatic rings. The van der Waals surface area contributed by atoms with Gasteiger partial charge in [0.05, 0.1) is 18.0 Å². The number of benzene rings is 2. The third-order valence-electron chi connectivity index (χ3n) is 5.66. The van der Waals surface area contributed by atoms with Gasteiger partial charge in [0, 0.05) is 17.5 Å². The van der Waals surface area contributed by atoms with E-state index in [1.807, 2.05) is 24.3 Å². The summed E-state index contributed by atoms with van der Waals surface area (Å²) in [4.78, 5) is 13.1. The zero-order valence-electron chi connectivity index (χ0n) is 17.3. The molecule has 0 bridgehead atoms. The quantitative estimate of drug-likeness (QED) is 0.740. The first-order valence-corrected chi connectivity index (χ1v) is 11.7. The van der Waals surface area contributed by atoms with Crippen LogP contribution in [-0.2, 0) is 10.0 Å². The molecular weight excluding hydrogens is 388 g/mol. The number of anilines is 1. The summed E-state index contributed by atoms with van der Waals surface area (Å²) in [7, 11) is -3.43. The normalized spacial score (nSPS) is 17.7. The van der Waals surface area contributed by atoms with Crippen molar-refractivity contribution in [2.75, 3.05) is 11.0 Å². The first-order valence-electron chi connectivity index (χ1n) is 9.84. The average molecular weight is 417 g/mol. The van der Waals surface area contributed by atoms with Gasteiger partial charge in [-0.3, -0.25) is 9.52 Å². The SMILES string of the molecule is CCC1(CC)C[C@H](NC(=O)c2cccc(NS(C)(=O)=O)c2C)c2ccccc2O1. The average Bonchev–Trinajstić information content (AvgIpc) is 2.68. The van der Waals surface area contributed by atoms with E-state index in [4.69, 9.17) is 4.74 Å². The van der Waals surface area contributed by atoms with Gasteiger partial charge in [0.1, 0.15) is 11.4 Å². The maximum atomic E-state index is 13.1. The van der Waals surface area contributed by atoms with Crippen molar-refractivity contribution in [1.82, 2.24) is 5.32 Å². The van der Waals surface area contributed by atoms with Gasteiger partial charge >= 0.3 is 0 Å². The molecule has 0 spiro atoms. The Hall–Kier alpha value is -2.54. The number of carbonyl (C=O) groups excluding carboxylic acids is 1. The zero-order chi connectivity index (χ0) is 21.2. The van der Waals surface area contributed by atoms with Crippen molar-refractivity contribution in [2.24, 2.45) is 0 Å². The van der Waals surface area contributed by atoms with Gasteiger partial charge in [-0.25, -0.2) is 8.42 Å². The largest absolute Gasteiger partial charge is 0.487 e. The number of nitrogens with one attached hydrogen (secondary N) is 2. The van der Waals surface area contributed by atoms with Crippen LogP contribution < -0.4 is 14.8 Å². The van der Waals surface area contributed by atoms with E-state index in [-0.39, 0.29) is 17.6 Å². The molecule has 0 fully saturated rings. The second-order valence-electron chi connectivity index (χ2n) is 7.61. The summed E-state index contributed by atoms with van der Waals surface area (Å²) >= 11 is 0. The highest BCUT2D eigenvalue weighted by Crippen LogP contribution is 2.42. The van der Waals surface area contributed by atoms with Crippen LogP contribution in [-0.4, -0.2) is 26.2 Å². The molecule has 0 radical (unpaired) electrons. The Bertz CT molecular complexity index is 1010. The Balaban J connectivity index is 1.91. The maximum absolute atomic E-state index is 13.1. The second kappa shape index (κ2) is 8.06. The lowest BCUT2D eigenvalue weighted by molar-refractivity contribution is 0.0227. The van der Waals surface area contributed by atoms with Gasteiger partial charge in [-0.05, 0) is 43.5 Å². The number of hydrogen-bond donors (Lipinski definition) is 2. The number of rotatable bonds is 6. The summed E-state index contributed by atoms with van der Waals surface area (Å²) < 4.78 is 32.0. The molecule has 29 heavy (non-hydrogen) atoms. The van der Waals surface area contributed by atoms with Crippen LogP contribution in [0.3, 0.4) is 0 Å². The minimum atomic E-state index is -3.43. The molecule has 1 aliphatic heterocycles. The third kappa shape index (κ3) is 4.56. The van der Waals surface area contributed by atoms with Crippen molar-refractivity contribution in [3.8, 4) is 5.75 Å². The van der Waals surface area contributed by atoms with E-state index < -0.39 is 10.0 Å². The van der Waals surface area contributed by atoms with E-state index in [9.17, 15) is 13.2 Å². The Morgan fingerprint density at radius 3 is 2.48 bits per heavy atom. The van der Waals surface area contributed by atoms with E-state index >= 15 is 0 Å². The van der Waals surface area contributed by atoms with Gasteiger partial charge in [-0.1, -0.05) is 38.1 Å². The Labute approximate surface area is 172 Å². The van der Waals surface area contributed by atoms with Crippen LogP contribution in [0.25, 0.3) is 0 Å². The van der Waals surface area contributed by atoms with Crippen molar-refractivity contribution in [3.63, 3.8) is 0 Å². The number of fused-ring (bicyclic) bond motifs is 1. The molecule has 156 valence electrons. The molecule has 0 unspecified atom stereocenters. The highest BCUT2D eigenvalue weighted by Gasteiger charge is 2.39. The van der Waals surface area contributed by atoms with Gasteiger partial charge in [-0.2, -0.15) is 0 Å². The summed E-state index contributed by atoms with van der Waals surface area (Å²) in [5, 5.41) is 3.15. The highest BCUT2D eigenvalue weighted by molar-refractivity contribution is 7.92. The van der Waals surface area contributed by atoms with Crippen LogP contribution in [0.5, 0.6) is 5.75 Å². The standard InChI is InChI=1S/C22H28N2O4S/c1-5-22(6-2)14-19(17-10-7-8-13-20(17)28-22)23-21(25)16-11-9-12-18(15(16)3)24-29(4,26)27/h7-13,19,24H,5-6,14H2,1-4H3,(H,23,25)/t19-/m0/s1. The number of amides is 1. The van der Waals surface area contributed by atoms with E-state index in [1.54, 1.807) is 25.1 Å². The molecule has 0 saturated carbocycles. The van der Waals surface area contributed by atoms with Crippen molar-refractivity contribution in [2.45, 2.75) is 51.7 Å². The van der Waals surface area contributed by atoms with Gasteiger partial charge in [0.15, 0.2) is 0 Å². The summed E-state index contributed by atoms with van der Waals surface area (Å²) in [6.45, 7) is 5.93. The maximum Gasteiger partial charge on any atom is 0.252 e. The van der Waals surface area contributed by atoms with E-state index in [0.717, 1.165) is 30.4 Å². The number of ether oxygens (including phenoxy) is 1. The number of carbonyl (C=O) groups is 1. The summed E-state index contributed by atoms with van der Waals surface area (Å²) in [6.07, 6.45) is 3.46. The van der Waals surface area contributed by atoms with E-state index in [0.29, 0.717) is 23.2 Å². The molecule has 2 aromatic rings. The van der Waals surface area contributed by atoms with Crippen LogP contribution >= 0.6 is 0 Å². The van der Waals surface area contributed by atoms with Crippen molar-refractivity contribution >= 4 is 21.6 Å². The smallest absolute Gasteiger partial charge is 0.252 e. The van der Waals surface area contributed by atoms with Crippen molar-refractivity contribution in [1.29, 1.82) is 0 Å². The zero-order valence-corrected chi connectivity index (χ0v) is 18.1. The number of hydrogen-bond acceptors (Lipinski definition) is 4. The predicted octanol–water partition coefficient (Wildman–Crippen LogP) is 4.18. The first-order chi connectivity index (χ1) is 13.7. The lowest BCUT2D eigenvalue weighted by Gasteiger charge is -2.41. The fourth-order valence-corrected chi connectivity index (χ4v) is 4.48. The molecule has 7 heteroatoms. The molecular formula is C22H28N2O4S. The molecule has 6 nitrogen and oxygen atoms in total. The summed E-state index contributed by atoms with van der Waals surface area (Å²) in [5.41, 5.74) is 2.08. The third-order valence-corrected chi connectivity index (χ3v) is 6.26. The van der Waals surface area contributed by atoms with Gasteiger partial charge in [-0.15, -0.1) is 0 Å². The topological polar surface area (TPSA) is 84.5 Å². The number of sulfonamides is 1. The van der Waals surface area contributed by atoms with Crippen LogP contribution in [0.15, 0.2) is 42.5 Å². The molecule has 2 N–H and O–H groups in total. The van der Waals surface area contributed by atoms with Crippen molar-refractivity contribution < 1.29 is 17.9 Å². The summed E-state index contributed by atoms with van der Waals surface area (Å²) in [5.74, 6) is 0.569. The van der Waals surface area contributed by atoms with Gasteiger partial charge < -0.3 is 10.1 Å². The molecule has 1 heterocycles. The van der Waals surface area contributed by atoms with Gasteiger partial charge in [0.25, 0.3) is 5.91 Å². The molecule has 1 atom stereocenters. The van der Waals surface area contributed by atoms with Crippen LogP contribution in [0, 0.1) is 6.92 Å². The fraction of sp³-hybridized carbons (Fsp3) is 0.409. The first kappa shape index (κ1) is 21.2. The number of para-hydroxylation sites is 1. The van der Waals surface area contributed by atoms with Crippen molar-refractivity contribution in [3.05, 3.63) is 59.2 Å². The molecule has 0 aromatic heterocycles. The molecule has 1 amide bonds. The predicted molar refractivity (Wildman–Crippen MR) is 115 cm³/mol. The molecule has 2 aromatic carbocycles. The lowest BCUT2D eigenvalue weighted by atomic mass is 9.83. The van der Waals surface area contributed by atoms with E-state index in [1.165, 1.54) is 0 Å². The Morgan fingerprint density at radius 1 is 1.14 bits per heavy atom. The molecule has 0 saturated heterocycles. The van der Waals surface area contributed by atoms with Crippen LogP contribution in [0.2, 0.25) is 0 Å². The molecule has 3 rings (SSSR count).